The third kappa shape index (κ3) is 5.74. The number of rotatable bonds is 9. The van der Waals surface area contributed by atoms with Gasteiger partial charge in [0.05, 0.1) is 12.2 Å². The molecule has 148 valence electrons. The highest BCUT2D eigenvalue weighted by Crippen LogP contribution is 2.17. The minimum absolute atomic E-state index is 0.323. The van der Waals surface area contributed by atoms with Gasteiger partial charge in [-0.15, -0.1) is 0 Å². The molecule has 2 N–H and O–H groups in total. The molecule has 6 heteroatoms. The number of hydrogen-bond acceptors (Lipinski definition) is 4. The van der Waals surface area contributed by atoms with Crippen molar-refractivity contribution < 1.29 is 4.52 Å². The van der Waals surface area contributed by atoms with Crippen LogP contribution in [0.2, 0.25) is 0 Å². The summed E-state index contributed by atoms with van der Waals surface area (Å²) in [6.07, 6.45) is 1.69. The second-order valence-corrected chi connectivity index (χ2v) is 6.61. The fourth-order valence-electron chi connectivity index (χ4n) is 2.92. The van der Waals surface area contributed by atoms with E-state index in [1.54, 1.807) is 0 Å². The van der Waals surface area contributed by atoms with Gasteiger partial charge < -0.3 is 20.1 Å². The molecule has 2 aromatic rings. The topological polar surface area (TPSA) is 65.7 Å². The van der Waals surface area contributed by atoms with Gasteiger partial charge in [0.15, 0.2) is 5.96 Å². The Morgan fingerprint density at radius 1 is 1.15 bits per heavy atom. The van der Waals surface area contributed by atoms with Crippen LogP contribution in [0.1, 0.15) is 44.7 Å². The zero-order valence-corrected chi connectivity index (χ0v) is 17.2. The summed E-state index contributed by atoms with van der Waals surface area (Å²) in [6.45, 7) is 10.6. The molecule has 1 unspecified atom stereocenters. The molecule has 1 heterocycles. The zero-order chi connectivity index (χ0) is 19.6. The van der Waals surface area contributed by atoms with E-state index in [9.17, 15) is 0 Å². The number of para-hydroxylation sites is 1. The Bertz CT molecular complexity index is 689. The van der Waals surface area contributed by atoms with Crippen LogP contribution in [0, 0.1) is 0 Å². The fourth-order valence-corrected chi connectivity index (χ4v) is 2.92. The van der Waals surface area contributed by atoms with Gasteiger partial charge in [0.25, 0.3) is 0 Å². The van der Waals surface area contributed by atoms with Gasteiger partial charge in [-0.25, -0.2) is 4.99 Å². The Balaban J connectivity index is 2.00. The van der Waals surface area contributed by atoms with Gasteiger partial charge in [-0.1, -0.05) is 37.2 Å². The molecule has 0 bridgehead atoms. The number of aryl methyl sites for hydroxylation is 2. The van der Waals surface area contributed by atoms with E-state index in [1.807, 2.05) is 6.07 Å². The van der Waals surface area contributed by atoms with E-state index >= 15 is 0 Å². The molecule has 0 radical (unpaired) electrons. The van der Waals surface area contributed by atoms with Crippen molar-refractivity contribution in [3.05, 3.63) is 47.3 Å². The molecule has 0 aliphatic heterocycles. The van der Waals surface area contributed by atoms with Gasteiger partial charge in [0, 0.05) is 43.9 Å². The molecule has 27 heavy (non-hydrogen) atoms. The summed E-state index contributed by atoms with van der Waals surface area (Å²) >= 11 is 0. The Hall–Kier alpha value is -2.50. The van der Waals surface area contributed by atoms with Crippen LogP contribution in [0.4, 0.5) is 5.69 Å². The summed E-state index contributed by atoms with van der Waals surface area (Å²) in [5, 5.41) is 10.9. The lowest BCUT2D eigenvalue weighted by Crippen LogP contribution is -2.45. The number of aliphatic imine (C=N–C) groups is 1. The molecule has 0 amide bonds. The van der Waals surface area contributed by atoms with Crippen molar-refractivity contribution in [2.45, 2.75) is 53.1 Å². The van der Waals surface area contributed by atoms with Crippen molar-refractivity contribution in [3.63, 3.8) is 0 Å². The average molecular weight is 372 g/mol. The van der Waals surface area contributed by atoms with Crippen LogP contribution in [-0.2, 0) is 19.4 Å². The fraction of sp³-hybridized carbons (Fsp3) is 0.524. The molecular weight excluding hydrogens is 338 g/mol. The first-order valence-electron chi connectivity index (χ1n) is 9.86. The van der Waals surface area contributed by atoms with Crippen molar-refractivity contribution in [3.8, 4) is 0 Å². The number of likely N-dealkylation sites (N-methyl/N-ethyl adjacent to an activating group) is 1. The number of aromatic nitrogens is 1. The van der Waals surface area contributed by atoms with Crippen molar-refractivity contribution in [1.82, 2.24) is 15.8 Å². The van der Waals surface area contributed by atoms with E-state index in [-0.39, 0.29) is 0 Å². The maximum atomic E-state index is 5.44. The van der Waals surface area contributed by atoms with Gasteiger partial charge >= 0.3 is 0 Å². The van der Waals surface area contributed by atoms with E-state index in [4.69, 9.17) is 9.52 Å². The van der Waals surface area contributed by atoms with E-state index in [0.29, 0.717) is 12.6 Å². The predicted molar refractivity (Wildman–Crippen MR) is 112 cm³/mol. The summed E-state index contributed by atoms with van der Waals surface area (Å²) in [4.78, 5) is 7.02. The van der Waals surface area contributed by atoms with Crippen LogP contribution in [-0.4, -0.2) is 37.3 Å². The SMILES string of the molecule is CCNC(=NCc1c(CC)noc1CC)NCC(C)N(C)c1ccccc1. The number of nitrogens with zero attached hydrogens (tertiary/aromatic N) is 3. The van der Waals surface area contributed by atoms with Crippen LogP contribution in [0.25, 0.3) is 0 Å². The molecule has 0 fully saturated rings. The summed E-state index contributed by atoms with van der Waals surface area (Å²) in [6, 6.07) is 10.7. The smallest absolute Gasteiger partial charge is 0.191 e. The predicted octanol–water partition coefficient (Wildman–Crippen LogP) is 3.38. The van der Waals surface area contributed by atoms with Crippen molar-refractivity contribution in [2.75, 3.05) is 25.0 Å². The van der Waals surface area contributed by atoms with E-state index in [0.717, 1.165) is 48.9 Å². The number of benzene rings is 1. The second-order valence-electron chi connectivity index (χ2n) is 6.61. The largest absolute Gasteiger partial charge is 0.370 e. The average Bonchev–Trinajstić information content (AvgIpc) is 3.11. The minimum atomic E-state index is 0.323. The van der Waals surface area contributed by atoms with Crippen molar-refractivity contribution >= 4 is 11.6 Å². The first-order chi connectivity index (χ1) is 13.1. The Labute approximate surface area is 163 Å². The Morgan fingerprint density at radius 2 is 1.89 bits per heavy atom. The molecular formula is C21H33N5O. The van der Waals surface area contributed by atoms with E-state index in [1.165, 1.54) is 5.69 Å². The minimum Gasteiger partial charge on any atom is -0.370 e. The van der Waals surface area contributed by atoms with Gasteiger partial charge in [0.1, 0.15) is 5.76 Å². The number of guanidine groups is 1. The molecule has 0 saturated heterocycles. The third-order valence-electron chi connectivity index (χ3n) is 4.74. The van der Waals surface area contributed by atoms with E-state index in [2.05, 4.69) is 79.7 Å². The second kappa shape index (κ2) is 10.6. The maximum absolute atomic E-state index is 5.44. The highest BCUT2D eigenvalue weighted by molar-refractivity contribution is 5.79. The van der Waals surface area contributed by atoms with E-state index < -0.39 is 0 Å². The lowest BCUT2D eigenvalue weighted by molar-refractivity contribution is 0.380. The molecule has 1 aromatic heterocycles. The Morgan fingerprint density at radius 3 is 2.52 bits per heavy atom. The molecule has 2 rings (SSSR count). The Kier molecular flexibility index (Phi) is 8.17. The number of hydrogen-bond donors (Lipinski definition) is 2. The van der Waals surface area contributed by atoms with Gasteiger partial charge in [-0.2, -0.15) is 0 Å². The standard InChI is InChI=1S/C21H33N5O/c1-6-19-18(20(7-2)27-25-19)15-24-21(22-8-3)23-14-16(4)26(5)17-12-10-9-11-13-17/h9-13,16H,6-8,14-15H2,1-5H3,(H2,22,23,24). The summed E-state index contributed by atoms with van der Waals surface area (Å²) in [5.41, 5.74) is 3.33. The molecule has 1 atom stereocenters. The first-order valence-corrected chi connectivity index (χ1v) is 9.86. The van der Waals surface area contributed by atoms with Gasteiger partial charge in [0.2, 0.25) is 0 Å². The molecule has 1 aromatic carbocycles. The normalized spacial score (nSPS) is 12.7. The molecule has 0 saturated carbocycles. The number of anilines is 1. The van der Waals surface area contributed by atoms with Crippen LogP contribution < -0.4 is 15.5 Å². The molecule has 6 nitrogen and oxygen atoms in total. The lowest BCUT2D eigenvalue weighted by atomic mass is 10.1. The molecule has 0 aliphatic carbocycles. The van der Waals surface area contributed by atoms with Crippen LogP contribution >= 0.6 is 0 Å². The van der Waals surface area contributed by atoms with Gasteiger partial charge in [-0.3, -0.25) is 0 Å². The summed E-state index contributed by atoms with van der Waals surface area (Å²) < 4.78 is 5.44. The summed E-state index contributed by atoms with van der Waals surface area (Å²) in [5.74, 6) is 1.75. The zero-order valence-electron chi connectivity index (χ0n) is 17.2. The quantitative estimate of drug-likeness (QED) is 0.522. The maximum Gasteiger partial charge on any atom is 0.191 e. The molecule has 0 spiro atoms. The van der Waals surface area contributed by atoms with Crippen molar-refractivity contribution in [1.29, 1.82) is 0 Å². The monoisotopic (exact) mass is 371 g/mol. The number of nitrogens with one attached hydrogen (secondary N) is 2. The highest BCUT2D eigenvalue weighted by Gasteiger charge is 2.14. The highest BCUT2D eigenvalue weighted by atomic mass is 16.5. The van der Waals surface area contributed by atoms with Gasteiger partial charge in [-0.05, 0) is 32.4 Å². The first kappa shape index (κ1) is 20.8. The lowest BCUT2D eigenvalue weighted by Gasteiger charge is -2.27. The van der Waals surface area contributed by atoms with Crippen LogP contribution in [0.3, 0.4) is 0 Å². The third-order valence-corrected chi connectivity index (χ3v) is 4.74. The van der Waals surface area contributed by atoms with Crippen LogP contribution in [0.15, 0.2) is 39.8 Å². The summed E-state index contributed by atoms with van der Waals surface area (Å²) in [7, 11) is 2.12. The molecule has 0 aliphatic rings. The van der Waals surface area contributed by atoms with Crippen molar-refractivity contribution in [2.24, 2.45) is 4.99 Å². The van der Waals surface area contributed by atoms with Crippen LogP contribution in [0.5, 0.6) is 0 Å².